The Labute approximate surface area is 118 Å². The fraction of sp³-hybridized carbons (Fsp3) is 0.500. The zero-order valence-electron chi connectivity index (χ0n) is 10.8. The zero-order valence-corrected chi connectivity index (χ0v) is 11.6. The smallest absolute Gasteiger partial charge is 0.144 e. The summed E-state index contributed by atoms with van der Waals surface area (Å²) in [5.74, 6) is 5.53. The maximum atomic E-state index is 13.5. The quantitative estimate of drug-likeness (QED) is 0.287. The summed E-state index contributed by atoms with van der Waals surface area (Å²) < 4.78 is 13.5. The summed E-state index contributed by atoms with van der Waals surface area (Å²) in [6.45, 7) is 0. The lowest BCUT2D eigenvalue weighted by molar-refractivity contribution is 0.583. The second-order valence-corrected chi connectivity index (χ2v) is 5.25. The Kier molecular flexibility index (Phi) is 5.16. The third kappa shape index (κ3) is 3.67. The SMILES string of the molecule is NNC(=NC1CCCCCC1)c1cccc(F)c1Cl. The Bertz CT molecular complexity index is 454. The zero-order chi connectivity index (χ0) is 13.7. The summed E-state index contributed by atoms with van der Waals surface area (Å²) in [4.78, 5) is 4.62. The molecule has 19 heavy (non-hydrogen) atoms. The van der Waals surface area contributed by atoms with Crippen molar-refractivity contribution in [3.63, 3.8) is 0 Å². The summed E-state index contributed by atoms with van der Waals surface area (Å²) >= 11 is 5.97. The molecule has 0 heterocycles. The molecule has 0 atom stereocenters. The Morgan fingerprint density at radius 3 is 2.58 bits per heavy atom. The molecule has 0 spiro atoms. The van der Waals surface area contributed by atoms with Crippen LogP contribution in [0.25, 0.3) is 0 Å². The summed E-state index contributed by atoms with van der Waals surface area (Å²) in [5.41, 5.74) is 3.07. The predicted molar refractivity (Wildman–Crippen MR) is 76.8 cm³/mol. The van der Waals surface area contributed by atoms with Gasteiger partial charge in [0.05, 0.1) is 11.1 Å². The number of aliphatic imine (C=N–C) groups is 1. The van der Waals surface area contributed by atoms with E-state index in [0.717, 1.165) is 12.8 Å². The van der Waals surface area contributed by atoms with Crippen LogP contribution in [-0.2, 0) is 0 Å². The second kappa shape index (κ2) is 6.87. The molecule has 1 aliphatic carbocycles. The molecule has 104 valence electrons. The molecule has 1 saturated carbocycles. The van der Waals surface area contributed by atoms with E-state index in [1.807, 2.05) is 0 Å². The first-order valence-electron chi connectivity index (χ1n) is 6.71. The second-order valence-electron chi connectivity index (χ2n) is 4.87. The largest absolute Gasteiger partial charge is 0.308 e. The van der Waals surface area contributed by atoms with E-state index in [1.165, 1.54) is 31.7 Å². The van der Waals surface area contributed by atoms with Gasteiger partial charge in [-0.15, -0.1) is 0 Å². The number of halogens is 2. The maximum absolute atomic E-state index is 13.5. The van der Waals surface area contributed by atoms with E-state index in [9.17, 15) is 4.39 Å². The van der Waals surface area contributed by atoms with E-state index >= 15 is 0 Å². The van der Waals surface area contributed by atoms with Crippen molar-refractivity contribution in [2.45, 2.75) is 44.6 Å². The number of nitrogens with one attached hydrogen (secondary N) is 1. The van der Waals surface area contributed by atoms with Gasteiger partial charge in [0.25, 0.3) is 0 Å². The standard InChI is InChI=1S/C14H19ClFN3/c15-13-11(8-5-9-12(13)16)14(19-17)18-10-6-3-1-2-4-7-10/h5,8-10H,1-4,6-7,17H2,(H,18,19). The van der Waals surface area contributed by atoms with Crippen molar-refractivity contribution in [3.05, 3.63) is 34.6 Å². The van der Waals surface area contributed by atoms with Crippen molar-refractivity contribution < 1.29 is 4.39 Å². The fourth-order valence-electron chi connectivity index (χ4n) is 2.44. The van der Waals surface area contributed by atoms with Gasteiger partial charge in [-0.1, -0.05) is 43.4 Å². The van der Waals surface area contributed by atoms with Crippen LogP contribution < -0.4 is 11.3 Å². The first-order chi connectivity index (χ1) is 9.22. The Morgan fingerprint density at radius 1 is 1.26 bits per heavy atom. The fourth-order valence-corrected chi connectivity index (χ4v) is 2.66. The molecule has 0 unspecified atom stereocenters. The molecular formula is C14H19ClFN3. The predicted octanol–water partition coefficient (Wildman–Crippen LogP) is 3.41. The molecule has 3 nitrogen and oxygen atoms in total. The van der Waals surface area contributed by atoms with E-state index in [2.05, 4.69) is 10.4 Å². The number of hydrogen-bond acceptors (Lipinski definition) is 2. The van der Waals surface area contributed by atoms with Crippen molar-refractivity contribution in [3.8, 4) is 0 Å². The Balaban J connectivity index is 2.25. The summed E-state index contributed by atoms with van der Waals surface area (Å²) in [6, 6.07) is 4.90. The molecule has 1 fully saturated rings. The van der Waals surface area contributed by atoms with Gasteiger partial charge in [-0.05, 0) is 25.0 Å². The van der Waals surface area contributed by atoms with Crippen molar-refractivity contribution in [2.24, 2.45) is 10.8 Å². The first-order valence-corrected chi connectivity index (χ1v) is 7.09. The Morgan fingerprint density at radius 2 is 1.95 bits per heavy atom. The van der Waals surface area contributed by atoms with Crippen LogP contribution in [0.15, 0.2) is 23.2 Å². The normalized spacial score (nSPS) is 18.2. The van der Waals surface area contributed by atoms with Gasteiger partial charge in [0.2, 0.25) is 0 Å². The molecule has 2 rings (SSSR count). The third-order valence-electron chi connectivity index (χ3n) is 3.48. The molecule has 0 bridgehead atoms. The van der Waals surface area contributed by atoms with Gasteiger partial charge in [-0.25, -0.2) is 10.2 Å². The van der Waals surface area contributed by atoms with Gasteiger partial charge >= 0.3 is 0 Å². The molecule has 0 amide bonds. The van der Waals surface area contributed by atoms with Crippen molar-refractivity contribution in [2.75, 3.05) is 0 Å². The summed E-state index contributed by atoms with van der Waals surface area (Å²) in [5, 5.41) is 0.0628. The molecule has 0 aromatic heterocycles. The highest BCUT2D eigenvalue weighted by atomic mass is 35.5. The van der Waals surface area contributed by atoms with Crippen molar-refractivity contribution >= 4 is 17.4 Å². The molecule has 3 N–H and O–H groups in total. The van der Waals surface area contributed by atoms with E-state index in [-0.39, 0.29) is 11.1 Å². The van der Waals surface area contributed by atoms with Gasteiger partial charge in [0.15, 0.2) is 0 Å². The van der Waals surface area contributed by atoms with E-state index in [0.29, 0.717) is 11.4 Å². The summed E-state index contributed by atoms with van der Waals surface area (Å²) in [6.07, 6.45) is 7.00. The van der Waals surface area contributed by atoms with Crippen LogP contribution in [0.5, 0.6) is 0 Å². The summed E-state index contributed by atoms with van der Waals surface area (Å²) in [7, 11) is 0. The van der Waals surface area contributed by atoms with Crippen LogP contribution in [-0.4, -0.2) is 11.9 Å². The minimum Gasteiger partial charge on any atom is -0.308 e. The molecule has 0 saturated heterocycles. The Hall–Kier alpha value is -1.13. The first kappa shape index (κ1) is 14.3. The molecule has 5 heteroatoms. The van der Waals surface area contributed by atoms with Crippen LogP contribution in [0.3, 0.4) is 0 Å². The highest BCUT2D eigenvalue weighted by Crippen LogP contribution is 2.23. The number of nitrogens with two attached hydrogens (primary N) is 1. The van der Waals surface area contributed by atoms with Gasteiger partial charge < -0.3 is 5.43 Å². The highest BCUT2D eigenvalue weighted by molar-refractivity contribution is 6.34. The molecule has 1 aromatic rings. The molecular weight excluding hydrogens is 265 g/mol. The van der Waals surface area contributed by atoms with E-state index in [4.69, 9.17) is 17.4 Å². The van der Waals surface area contributed by atoms with Gasteiger partial charge in [-0.2, -0.15) is 0 Å². The number of rotatable bonds is 2. The number of hydrazine groups is 1. The number of nitrogens with zero attached hydrogens (tertiary/aromatic N) is 1. The van der Waals surface area contributed by atoms with Gasteiger partial charge in [0, 0.05) is 5.56 Å². The molecule has 1 aromatic carbocycles. The van der Waals surface area contributed by atoms with Crippen LogP contribution in [0, 0.1) is 5.82 Å². The van der Waals surface area contributed by atoms with Crippen LogP contribution in [0.1, 0.15) is 44.1 Å². The van der Waals surface area contributed by atoms with Crippen LogP contribution in [0.2, 0.25) is 5.02 Å². The van der Waals surface area contributed by atoms with Crippen LogP contribution in [0.4, 0.5) is 4.39 Å². The monoisotopic (exact) mass is 283 g/mol. The van der Waals surface area contributed by atoms with E-state index in [1.54, 1.807) is 12.1 Å². The number of amidine groups is 1. The van der Waals surface area contributed by atoms with Crippen molar-refractivity contribution in [1.29, 1.82) is 0 Å². The maximum Gasteiger partial charge on any atom is 0.144 e. The number of hydrogen-bond donors (Lipinski definition) is 2. The molecule has 1 aliphatic rings. The minimum absolute atomic E-state index is 0.0628. The lowest BCUT2D eigenvalue weighted by Crippen LogP contribution is -2.32. The molecule has 0 radical (unpaired) electrons. The number of benzene rings is 1. The van der Waals surface area contributed by atoms with Gasteiger partial charge in [-0.3, -0.25) is 4.99 Å². The van der Waals surface area contributed by atoms with E-state index < -0.39 is 5.82 Å². The van der Waals surface area contributed by atoms with Crippen LogP contribution >= 0.6 is 11.6 Å². The molecule has 0 aliphatic heterocycles. The minimum atomic E-state index is -0.456. The lowest BCUT2D eigenvalue weighted by atomic mass is 10.1. The topological polar surface area (TPSA) is 50.4 Å². The average Bonchev–Trinajstić information content (AvgIpc) is 2.68. The lowest BCUT2D eigenvalue weighted by Gasteiger charge is -2.13. The average molecular weight is 284 g/mol. The highest BCUT2D eigenvalue weighted by Gasteiger charge is 2.15. The third-order valence-corrected chi connectivity index (χ3v) is 3.86. The van der Waals surface area contributed by atoms with Crippen molar-refractivity contribution in [1.82, 2.24) is 5.43 Å². The van der Waals surface area contributed by atoms with Gasteiger partial charge in [0.1, 0.15) is 11.7 Å².